The Morgan fingerprint density at radius 3 is 2.21 bits per heavy atom. The molecule has 112 valence electrons. The average Bonchev–Trinajstić information content (AvgIpc) is 2.46. The van der Waals surface area contributed by atoms with Crippen molar-refractivity contribution in [1.82, 2.24) is 5.32 Å². The Labute approximate surface area is 124 Å². The first-order valence-corrected chi connectivity index (χ1v) is 9.66. The van der Waals surface area contributed by atoms with Gasteiger partial charge in [0.15, 0.2) is 0 Å². The Kier molecular flexibility index (Phi) is 6.08. The second-order valence-corrected chi connectivity index (χ2v) is 8.46. The Hall–Kier alpha value is 0.310. The maximum absolute atomic E-state index is 3.92. The minimum Gasteiger partial charge on any atom is -0.313 e. The molecule has 0 aromatic rings. The summed E-state index contributed by atoms with van der Waals surface area (Å²) >= 11 is 2.12. The summed E-state index contributed by atoms with van der Waals surface area (Å²) in [7, 11) is 0. The minimum absolute atomic E-state index is 0.563. The van der Waals surface area contributed by atoms with E-state index in [2.05, 4.69) is 37.2 Å². The van der Waals surface area contributed by atoms with Gasteiger partial charge in [0.2, 0.25) is 0 Å². The maximum Gasteiger partial charge on any atom is 0.0281 e. The van der Waals surface area contributed by atoms with Crippen molar-refractivity contribution in [2.45, 2.75) is 82.4 Å². The van der Waals surface area contributed by atoms with Gasteiger partial charge in [-0.1, -0.05) is 33.1 Å². The molecule has 1 N–H and O–H groups in total. The van der Waals surface area contributed by atoms with Crippen LogP contribution in [0, 0.1) is 11.8 Å². The summed E-state index contributed by atoms with van der Waals surface area (Å²) in [4.78, 5) is 0. The first kappa shape index (κ1) is 15.7. The van der Waals surface area contributed by atoms with Crippen molar-refractivity contribution in [3.05, 3.63) is 0 Å². The third kappa shape index (κ3) is 4.39. The minimum atomic E-state index is 0.563. The lowest BCUT2D eigenvalue weighted by molar-refractivity contribution is 0.231. The molecule has 2 heteroatoms. The van der Waals surface area contributed by atoms with E-state index in [0.717, 1.165) is 17.9 Å². The molecule has 2 aliphatic carbocycles. The first-order valence-electron chi connectivity index (χ1n) is 8.44. The molecule has 0 saturated heterocycles. The number of hydrogen-bond acceptors (Lipinski definition) is 2. The van der Waals surface area contributed by atoms with E-state index in [1.165, 1.54) is 64.3 Å². The number of thioether (sulfide) groups is 1. The van der Waals surface area contributed by atoms with E-state index < -0.39 is 0 Å². The topological polar surface area (TPSA) is 12.0 Å². The van der Waals surface area contributed by atoms with E-state index in [0.29, 0.717) is 4.75 Å². The van der Waals surface area contributed by atoms with Gasteiger partial charge in [0, 0.05) is 17.3 Å². The fourth-order valence-corrected chi connectivity index (χ4v) is 4.89. The molecule has 0 radical (unpaired) electrons. The molecule has 2 fully saturated rings. The van der Waals surface area contributed by atoms with E-state index in [1.54, 1.807) is 0 Å². The Morgan fingerprint density at radius 1 is 1.05 bits per heavy atom. The Balaban J connectivity index is 1.73. The number of hydrogen-bond donors (Lipinski definition) is 1. The van der Waals surface area contributed by atoms with Crippen molar-refractivity contribution in [3.8, 4) is 0 Å². The fraction of sp³-hybridized carbons (Fsp3) is 1.00. The van der Waals surface area contributed by atoms with Gasteiger partial charge in [-0.05, 0) is 56.6 Å². The largest absolute Gasteiger partial charge is 0.313 e. The molecule has 0 aliphatic heterocycles. The highest BCUT2D eigenvalue weighted by molar-refractivity contribution is 8.00. The third-order valence-corrected chi connectivity index (χ3v) is 7.04. The summed E-state index contributed by atoms with van der Waals surface area (Å²) in [5, 5.41) is 3.92. The van der Waals surface area contributed by atoms with Crippen LogP contribution in [-0.2, 0) is 0 Å². The molecule has 0 atom stereocenters. The molecular formula is C17H33NS. The summed E-state index contributed by atoms with van der Waals surface area (Å²) in [6, 6.07) is 0.806. The van der Waals surface area contributed by atoms with E-state index >= 15 is 0 Å². The summed E-state index contributed by atoms with van der Waals surface area (Å²) in [6.07, 6.45) is 15.3. The zero-order valence-corrected chi connectivity index (χ0v) is 14.0. The summed E-state index contributed by atoms with van der Waals surface area (Å²) in [5.74, 6) is 1.87. The van der Waals surface area contributed by atoms with Gasteiger partial charge in [-0.25, -0.2) is 0 Å². The maximum atomic E-state index is 3.92. The molecule has 2 rings (SSSR count). The zero-order valence-electron chi connectivity index (χ0n) is 13.2. The molecule has 0 amide bonds. The second-order valence-electron chi connectivity index (χ2n) is 7.18. The zero-order chi connectivity index (χ0) is 13.7. The molecule has 0 bridgehead atoms. The highest BCUT2D eigenvalue weighted by Gasteiger charge is 2.32. The normalized spacial score (nSPS) is 31.6. The van der Waals surface area contributed by atoms with E-state index in [1.807, 2.05) is 0 Å². The van der Waals surface area contributed by atoms with Crippen molar-refractivity contribution >= 4 is 11.8 Å². The van der Waals surface area contributed by atoms with Gasteiger partial charge < -0.3 is 5.32 Å². The Morgan fingerprint density at radius 2 is 1.68 bits per heavy atom. The van der Waals surface area contributed by atoms with E-state index in [4.69, 9.17) is 0 Å². The van der Waals surface area contributed by atoms with E-state index in [-0.39, 0.29) is 0 Å². The van der Waals surface area contributed by atoms with Gasteiger partial charge >= 0.3 is 0 Å². The molecule has 2 saturated carbocycles. The van der Waals surface area contributed by atoms with Crippen molar-refractivity contribution in [1.29, 1.82) is 0 Å². The average molecular weight is 284 g/mol. The SMILES string of the molecule is CSC1(CNC2CCC(C(C)C)CC2)CCCCC1. The van der Waals surface area contributed by atoms with Crippen LogP contribution in [0.1, 0.15) is 71.6 Å². The van der Waals surface area contributed by atoms with Gasteiger partial charge in [0.05, 0.1) is 0 Å². The Bertz CT molecular complexity index is 250. The first-order chi connectivity index (χ1) is 9.15. The van der Waals surface area contributed by atoms with Gasteiger partial charge in [0.1, 0.15) is 0 Å². The quantitative estimate of drug-likeness (QED) is 0.773. The standard InChI is InChI=1S/C17H33NS/c1-14(2)15-7-9-16(10-8-15)18-13-17(19-3)11-5-4-6-12-17/h14-16,18H,4-13H2,1-3H3. The molecule has 19 heavy (non-hydrogen) atoms. The molecule has 0 unspecified atom stereocenters. The van der Waals surface area contributed by atoms with Gasteiger partial charge in [-0.15, -0.1) is 0 Å². The van der Waals surface area contributed by atoms with Crippen molar-refractivity contribution in [2.75, 3.05) is 12.8 Å². The smallest absolute Gasteiger partial charge is 0.0281 e. The molecule has 0 heterocycles. The van der Waals surface area contributed by atoms with Crippen LogP contribution in [0.2, 0.25) is 0 Å². The highest BCUT2D eigenvalue weighted by atomic mass is 32.2. The summed E-state index contributed by atoms with van der Waals surface area (Å²) in [5.41, 5.74) is 0. The van der Waals surface area contributed by atoms with E-state index in [9.17, 15) is 0 Å². The van der Waals surface area contributed by atoms with Crippen molar-refractivity contribution in [3.63, 3.8) is 0 Å². The van der Waals surface area contributed by atoms with Gasteiger partial charge in [-0.2, -0.15) is 11.8 Å². The highest BCUT2D eigenvalue weighted by Crippen LogP contribution is 2.38. The van der Waals surface area contributed by atoms with Crippen LogP contribution < -0.4 is 5.32 Å². The lowest BCUT2D eigenvalue weighted by Gasteiger charge is -2.39. The molecule has 2 aliphatic rings. The lowest BCUT2D eigenvalue weighted by atomic mass is 9.79. The molecule has 0 aromatic heterocycles. The molecule has 0 spiro atoms. The molecule has 0 aromatic carbocycles. The molecular weight excluding hydrogens is 250 g/mol. The van der Waals surface area contributed by atoms with Crippen LogP contribution in [0.3, 0.4) is 0 Å². The van der Waals surface area contributed by atoms with Crippen LogP contribution in [0.15, 0.2) is 0 Å². The number of nitrogens with one attached hydrogen (secondary N) is 1. The van der Waals surface area contributed by atoms with Crippen LogP contribution >= 0.6 is 11.8 Å². The van der Waals surface area contributed by atoms with Crippen LogP contribution in [0.4, 0.5) is 0 Å². The van der Waals surface area contributed by atoms with Crippen LogP contribution in [0.25, 0.3) is 0 Å². The van der Waals surface area contributed by atoms with Gasteiger partial charge in [-0.3, -0.25) is 0 Å². The summed E-state index contributed by atoms with van der Waals surface area (Å²) < 4.78 is 0.563. The fourth-order valence-electron chi connectivity index (χ4n) is 3.97. The van der Waals surface area contributed by atoms with Crippen molar-refractivity contribution in [2.24, 2.45) is 11.8 Å². The van der Waals surface area contributed by atoms with Crippen LogP contribution in [-0.4, -0.2) is 23.6 Å². The second kappa shape index (κ2) is 7.36. The molecule has 1 nitrogen and oxygen atoms in total. The summed E-state index contributed by atoms with van der Waals surface area (Å²) in [6.45, 7) is 6.04. The monoisotopic (exact) mass is 283 g/mol. The predicted octanol–water partition coefficient (Wildman–Crippen LogP) is 4.86. The van der Waals surface area contributed by atoms with Crippen molar-refractivity contribution < 1.29 is 0 Å². The third-order valence-electron chi connectivity index (χ3n) is 5.63. The number of rotatable bonds is 5. The van der Waals surface area contributed by atoms with Gasteiger partial charge in [0.25, 0.3) is 0 Å². The lowest BCUT2D eigenvalue weighted by Crippen LogP contribution is -2.44. The van der Waals surface area contributed by atoms with Crippen LogP contribution in [0.5, 0.6) is 0 Å². The predicted molar refractivity (Wildman–Crippen MR) is 87.9 cm³/mol.